The maximum Gasteiger partial charge on any atom is 0.236 e. The Hall–Kier alpha value is -7.24. The van der Waals surface area contributed by atoms with Crippen molar-refractivity contribution in [2.75, 3.05) is 0 Å². The van der Waals surface area contributed by atoms with Crippen LogP contribution < -0.4 is 0 Å². The highest BCUT2D eigenvalue weighted by Crippen LogP contribution is 2.47. The maximum absolute atomic E-state index is 6.59. The summed E-state index contributed by atoms with van der Waals surface area (Å²) in [6.45, 7) is 0. The van der Waals surface area contributed by atoms with Gasteiger partial charge in [-0.05, 0) is 70.1 Å². The molecule has 5 heterocycles. The lowest BCUT2D eigenvalue weighted by atomic mass is 10.0. The Balaban J connectivity index is 1.25. The molecule has 0 N–H and O–H groups in total. The van der Waals surface area contributed by atoms with Crippen LogP contribution in [-0.4, -0.2) is 18.9 Å². The summed E-state index contributed by atoms with van der Waals surface area (Å²) in [6, 6.07) is 56.4. The lowest BCUT2D eigenvalue weighted by molar-refractivity contribution is 0.666. The number of nitrogens with zero attached hydrogens (tertiary/aromatic N) is 4. The van der Waals surface area contributed by atoms with Crippen LogP contribution in [0.4, 0.5) is 0 Å². The molecule has 5 nitrogen and oxygen atoms in total. The number of hydrogen-bond donors (Lipinski definition) is 0. The van der Waals surface area contributed by atoms with Crippen molar-refractivity contribution in [3.05, 3.63) is 158 Å². The highest BCUT2D eigenvalue weighted by atomic mass is 16.3. The van der Waals surface area contributed by atoms with E-state index in [-0.39, 0.29) is 0 Å². The van der Waals surface area contributed by atoms with Crippen molar-refractivity contribution in [1.82, 2.24) is 18.9 Å². The summed E-state index contributed by atoms with van der Waals surface area (Å²) in [4.78, 5) is 10.9. The Labute approximate surface area is 300 Å². The van der Waals surface area contributed by atoms with E-state index in [1.807, 2.05) is 18.2 Å². The average molecular weight is 675 g/mol. The van der Waals surface area contributed by atoms with E-state index in [1.165, 1.54) is 65.0 Å². The molecule has 0 amide bonds. The fraction of sp³-hybridized carbons (Fsp3) is 0. The van der Waals surface area contributed by atoms with Crippen molar-refractivity contribution in [3.63, 3.8) is 0 Å². The number of rotatable bonds is 2. The van der Waals surface area contributed by atoms with Crippen LogP contribution in [0.1, 0.15) is 0 Å². The molecule has 13 rings (SSSR count). The van der Waals surface area contributed by atoms with Gasteiger partial charge < -0.3 is 8.82 Å². The van der Waals surface area contributed by atoms with Crippen LogP contribution in [0, 0.1) is 0 Å². The standard InChI is InChI=1S/C48H26N4O/c1-2-12-28-23-31(22-21-27(28)11-1)43-47-44(34-17-7-10-20-41(34)53-47)50-48(49-43)52-39-19-9-6-16-33(39)36-26-35-32-15-5-8-18-38(32)51-40-25-30-14-4-3-13-29(30)24-37(40)42(45(35)51)46(36)52/h1-26H. The van der Waals surface area contributed by atoms with Gasteiger partial charge >= 0.3 is 0 Å². The second-order valence-corrected chi connectivity index (χ2v) is 14.2. The molecule has 0 aliphatic heterocycles. The van der Waals surface area contributed by atoms with Crippen molar-refractivity contribution in [3.8, 4) is 17.2 Å². The minimum absolute atomic E-state index is 0.617. The molecule has 244 valence electrons. The average Bonchev–Trinajstić information content (AvgIpc) is 3.95. The zero-order valence-electron chi connectivity index (χ0n) is 28.2. The molecular weight excluding hydrogens is 649 g/mol. The minimum Gasteiger partial charge on any atom is -0.452 e. The third kappa shape index (κ3) is 3.51. The number of fused-ring (bicyclic) bond motifs is 15. The molecular formula is C48H26N4O. The van der Waals surface area contributed by atoms with E-state index in [0.29, 0.717) is 11.5 Å². The molecule has 0 saturated heterocycles. The number of para-hydroxylation sites is 3. The van der Waals surface area contributed by atoms with Gasteiger partial charge in [0.2, 0.25) is 5.95 Å². The Bertz CT molecular complexity index is 3700. The largest absolute Gasteiger partial charge is 0.452 e. The maximum atomic E-state index is 6.59. The van der Waals surface area contributed by atoms with Gasteiger partial charge in [-0.15, -0.1) is 0 Å². The van der Waals surface area contributed by atoms with Crippen molar-refractivity contribution in [2.24, 2.45) is 0 Å². The van der Waals surface area contributed by atoms with Crippen molar-refractivity contribution < 1.29 is 4.42 Å². The molecule has 5 aromatic heterocycles. The molecule has 0 aliphatic rings. The Morgan fingerprint density at radius 3 is 1.91 bits per heavy atom. The zero-order valence-corrected chi connectivity index (χ0v) is 28.2. The summed E-state index contributed by atoms with van der Waals surface area (Å²) in [5, 5.41) is 13.0. The predicted octanol–water partition coefficient (Wildman–Crippen LogP) is 12.6. The summed E-state index contributed by atoms with van der Waals surface area (Å²) in [5.74, 6) is 0.617. The number of furan rings is 1. The van der Waals surface area contributed by atoms with Crippen molar-refractivity contribution >= 4 is 104 Å². The lowest BCUT2D eigenvalue weighted by Crippen LogP contribution is -2.03. The molecule has 0 atom stereocenters. The van der Waals surface area contributed by atoms with Gasteiger partial charge in [-0.25, -0.2) is 9.97 Å². The smallest absolute Gasteiger partial charge is 0.236 e. The van der Waals surface area contributed by atoms with Gasteiger partial charge in [0.1, 0.15) is 16.8 Å². The van der Waals surface area contributed by atoms with E-state index in [2.05, 4.69) is 148 Å². The van der Waals surface area contributed by atoms with Crippen LogP contribution >= 0.6 is 0 Å². The third-order valence-corrected chi connectivity index (χ3v) is 11.4. The van der Waals surface area contributed by atoms with E-state index < -0.39 is 0 Å². The topological polar surface area (TPSA) is 48.3 Å². The van der Waals surface area contributed by atoms with E-state index >= 15 is 0 Å². The number of benzene rings is 8. The molecule has 0 saturated carbocycles. The fourth-order valence-electron chi connectivity index (χ4n) is 9.11. The first kappa shape index (κ1) is 27.5. The molecule has 5 heteroatoms. The number of hydrogen-bond acceptors (Lipinski definition) is 3. The predicted molar refractivity (Wildman–Crippen MR) is 219 cm³/mol. The molecule has 13 aromatic rings. The molecule has 0 spiro atoms. The molecule has 0 radical (unpaired) electrons. The van der Waals surface area contributed by atoms with Crippen LogP contribution in [-0.2, 0) is 0 Å². The summed E-state index contributed by atoms with van der Waals surface area (Å²) in [5.41, 5.74) is 9.85. The molecule has 0 unspecified atom stereocenters. The van der Waals surface area contributed by atoms with Gasteiger partial charge in [0.25, 0.3) is 0 Å². The first-order valence-corrected chi connectivity index (χ1v) is 18.0. The first-order chi connectivity index (χ1) is 26.3. The Kier molecular flexibility index (Phi) is 5.06. The summed E-state index contributed by atoms with van der Waals surface area (Å²) in [7, 11) is 0. The fourth-order valence-corrected chi connectivity index (χ4v) is 9.11. The normalized spacial score (nSPS) is 12.5. The minimum atomic E-state index is 0.617. The van der Waals surface area contributed by atoms with Crippen molar-refractivity contribution in [1.29, 1.82) is 0 Å². The van der Waals surface area contributed by atoms with Crippen LogP contribution in [0.2, 0.25) is 0 Å². The van der Waals surface area contributed by atoms with Gasteiger partial charge in [0.05, 0.1) is 27.6 Å². The molecule has 8 aromatic carbocycles. The van der Waals surface area contributed by atoms with E-state index in [1.54, 1.807) is 0 Å². The molecule has 0 fully saturated rings. The molecule has 0 aliphatic carbocycles. The van der Waals surface area contributed by atoms with Crippen LogP contribution in [0.3, 0.4) is 0 Å². The Morgan fingerprint density at radius 1 is 0.434 bits per heavy atom. The van der Waals surface area contributed by atoms with Gasteiger partial charge in [0, 0.05) is 43.3 Å². The quantitative estimate of drug-likeness (QED) is 0.183. The summed E-state index contributed by atoms with van der Waals surface area (Å²) < 4.78 is 11.4. The van der Waals surface area contributed by atoms with Crippen LogP contribution in [0.25, 0.3) is 121 Å². The van der Waals surface area contributed by atoms with E-state index in [0.717, 1.165) is 44.2 Å². The second-order valence-electron chi connectivity index (χ2n) is 14.2. The SMILES string of the molecule is c1ccc2cc(-c3nc(-n4c5ccccc5c5cc6c7ccccc7n7c8cc9ccccc9cc8c(c54)c67)nc4c3oc3ccccc34)ccc2c1. The molecule has 0 bridgehead atoms. The Morgan fingerprint density at radius 2 is 1.08 bits per heavy atom. The van der Waals surface area contributed by atoms with Crippen LogP contribution in [0.15, 0.2) is 162 Å². The van der Waals surface area contributed by atoms with Crippen molar-refractivity contribution in [2.45, 2.75) is 0 Å². The van der Waals surface area contributed by atoms with Gasteiger partial charge in [0.15, 0.2) is 5.58 Å². The summed E-state index contributed by atoms with van der Waals surface area (Å²) in [6.07, 6.45) is 0. The monoisotopic (exact) mass is 674 g/mol. The van der Waals surface area contributed by atoms with E-state index in [4.69, 9.17) is 14.4 Å². The lowest BCUT2D eigenvalue weighted by Gasteiger charge is -2.11. The van der Waals surface area contributed by atoms with Gasteiger partial charge in [-0.3, -0.25) is 4.57 Å². The van der Waals surface area contributed by atoms with Gasteiger partial charge in [-0.1, -0.05) is 109 Å². The van der Waals surface area contributed by atoms with E-state index in [9.17, 15) is 0 Å². The van der Waals surface area contributed by atoms with Crippen LogP contribution in [0.5, 0.6) is 0 Å². The summed E-state index contributed by atoms with van der Waals surface area (Å²) >= 11 is 0. The third-order valence-electron chi connectivity index (χ3n) is 11.4. The highest BCUT2D eigenvalue weighted by Gasteiger charge is 2.27. The zero-order chi connectivity index (χ0) is 34.4. The van der Waals surface area contributed by atoms with Gasteiger partial charge in [-0.2, -0.15) is 0 Å². The highest BCUT2D eigenvalue weighted by molar-refractivity contribution is 6.35. The second kappa shape index (κ2) is 9.75. The first-order valence-electron chi connectivity index (χ1n) is 18.0. The molecule has 53 heavy (non-hydrogen) atoms. The number of aromatic nitrogens is 4.